The Morgan fingerprint density at radius 3 is 2.65 bits per heavy atom. The molecule has 0 aliphatic carbocycles. The molecule has 0 spiro atoms. The highest BCUT2D eigenvalue weighted by Crippen LogP contribution is 2.40. The molecule has 17 nitrogen and oxygen atoms in total. The molecule has 0 aromatic carbocycles. The molecule has 2 amide bonds. The van der Waals surface area contributed by atoms with Gasteiger partial charge >= 0.3 is 11.9 Å². The van der Waals surface area contributed by atoms with E-state index in [1.165, 1.54) is 25.6 Å². The number of carboxylic acids is 2. The summed E-state index contributed by atoms with van der Waals surface area (Å²) in [6, 6.07) is 0.490. The summed E-state index contributed by atoms with van der Waals surface area (Å²) in [6.07, 6.45) is 1.64. The van der Waals surface area contributed by atoms with Crippen molar-refractivity contribution in [3.63, 3.8) is 0 Å². The standard InChI is InChI=1S/C21H25N9O8S2/c1-21(2,19(36)37)38-26-11(14-25-20(23)40-27-14)15(32)24-12-16(33)30-13(18(34)35)9(8-39-17(12)30)7-28-4-3-10(22)29(28)5-6-31/h3-4,12,17,22,31H,5-8H2,1-2H3,(H5,23,24,25,27,32,34,35,36,37)/p+1/b26-11+/t12-,17-/m1/s1. The number of carboxylic acid groups (broad SMARTS) is 2. The fraction of sp³-hybridized carbons (Fsp3) is 0.429. The van der Waals surface area contributed by atoms with Gasteiger partial charge in [-0.2, -0.15) is 9.36 Å². The number of aliphatic hydroxyl groups excluding tert-OH is 1. The zero-order valence-corrected chi connectivity index (χ0v) is 22.8. The number of nitrogen functional groups attached to an aromatic ring is 2. The largest absolute Gasteiger partial charge is 0.478 e. The summed E-state index contributed by atoms with van der Waals surface area (Å²) < 4.78 is 7.14. The summed E-state index contributed by atoms with van der Waals surface area (Å²) in [5.74, 6) is -3.93. The van der Waals surface area contributed by atoms with Gasteiger partial charge in [-0.3, -0.25) is 14.5 Å². The zero-order chi connectivity index (χ0) is 29.4. The van der Waals surface area contributed by atoms with Gasteiger partial charge < -0.3 is 36.9 Å². The molecule has 2 aromatic rings. The molecule has 40 heavy (non-hydrogen) atoms. The quantitative estimate of drug-likeness (QED) is 0.0698. The minimum atomic E-state index is -1.80. The number of fused-ring (bicyclic) bond motifs is 1. The molecule has 1 saturated heterocycles. The van der Waals surface area contributed by atoms with Crippen molar-refractivity contribution in [2.24, 2.45) is 5.16 Å². The second kappa shape index (κ2) is 11.1. The molecular formula is C21H26N9O8S2+. The van der Waals surface area contributed by atoms with Gasteiger partial charge in [-0.05, 0) is 13.8 Å². The number of oxime groups is 1. The molecule has 19 heteroatoms. The Morgan fingerprint density at radius 1 is 1.32 bits per heavy atom. The summed E-state index contributed by atoms with van der Waals surface area (Å²) in [5, 5.41) is 34.0. The number of β-lactam (4-membered cyclic amide) rings is 1. The molecule has 4 heterocycles. The number of aliphatic carboxylic acids is 2. The Labute approximate surface area is 234 Å². The molecule has 0 radical (unpaired) electrons. The van der Waals surface area contributed by atoms with E-state index < -0.39 is 46.5 Å². The van der Waals surface area contributed by atoms with E-state index in [0.29, 0.717) is 11.4 Å². The van der Waals surface area contributed by atoms with Crippen molar-refractivity contribution >= 4 is 63.7 Å². The first-order valence-corrected chi connectivity index (χ1v) is 13.4. The van der Waals surface area contributed by atoms with Gasteiger partial charge in [0.2, 0.25) is 17.1 Å². The molecule has 2 atom stereocenters. The van der Waals surface area contributed by atoms with E-state index in [1.807, 2.05) is 0 Å². The number of carbonyl (C=O) groups excluding carboxylic acids is 2. The number of carbonyl (C=O) groups is 4. The number of amides is 2. The summed E-state index contributed by atoms with van der Waals surface area (Å²) in [5.41, 5.74) is 9.45. The number of anilines is 2. The smallest absolute Gasteiger partial charge is 0.352 e. The third-order valence-electron chi connectivity index (χ3n) is 5.98. The van der Waals surface area contributed by atoms with Crippen LogP contribution in [0, 0.1) is 0 Å². The molecule has 0 unspecified atom stereocenters. The summed E-state index contributed by atoms with van der Waals surface area (Å²) in [4.78, 5) is 59.9. The molecule has 2 aliphatic rings. The molecule has 214 valence electrons. The van der Waals surface area contributed by atoms with Crippen LogP contribution in [0.4, 0.5) is 10.9 Å². The van der Waals surface area contributed by atoms with Crippen LogP contribution in [0.15, 0.2) is 28.7 Å². The molecule has 2 aromatic heterocycles. The van der Waals surface area contributed by atoms with E-state index in [-0.39, 0.29) is 42.1 Å². The van der Waals surface area contributed by atoms with Gasteiger partial charge in [-0.25, -0.2) is 9.59 Å². The average Bonchev–Trinajstić information content (AvgIpc) is 3.47. The maximum absolute atomic E-state index is 13.2. The van der Waals surface area contributed by atoms with Crippen molar-refractivity contribution in [1.82, 2.24) is 24.3 Å². The Morgan fingerprint density at radius 2 is 2.05 bits per heavy atom. The Bertz CT molecular complexity index is 1430. The second-order valence-electron chi connectivity index (χ2n) is 9.11. The van der Waals surface area contributed by atoms with Gasteiger partial charge in [0, 0.05) is 22.9 Å². The lowest BCUT2D eigenvalue weighted by molar-refractivity contribution is -0.767. The Balaban J connectivity index is 1.56. The normalized spacial score (nSPS) is 19.2. The SMILES string of the molecule is CC(C)(O/N=C(/C(=O)N[C@@H]1C(=O)N2C(C(=O)O)=C(C[n+]3ccc(N)n3CCO)CS[C@H]12)c1nsc(N)n1)C(=O)O. The predicted octanol–water partition coefficient (Wildman–Crippen LogP) is -2.19. The van der Waals surface area contributed by atoms with Crippen molar-refractivity contribution < 1.29 is 44.0 Å². The van der Waals surface area contributed by atoms with Crippen LogP contribution in [0.2, 0.25) is 0 Å². The first-order chi connectivity index (χ1) is 18.9. The number of rotatable bonds is 11. The van der Waals surface area contributed by atoms with Gasteiger partial charge in [0.15, 0.2) is 23.7 Å². The van der Waals surface area contributed by atoms with Gasteiger partial charge in [-0.1, -0.05) is 5.16 Å². The minimum absolute atomic E-state index is 0.00949. The van der Waals surface area contributed by atoms with Gasteiger partial charge in [0.05, 0.1) is 12.7 Å². The van der Waals surface area contributed by atoms with Crippen molar-refractivity contribution in [3.05, 3.63) is 29.4 Å². The number of nitrogens with zero attached hydrogens (tertiary/aromatic N) is 6. The predicted molar refractivity (Wildman–Crippen MR) is 139 cm³/mol. The molecule has 0 bridgehead atoms. The monoisotopic (exact) mass is 596 g/mol. The van der Waals surface area contributed by atoms with E-state index >= 15 is 0 Å². The van der Waals surface area contributed by atoms with Crippen LogP contribution < -0.4 is 21.5 Å². The number of nitrogens with two attached hydrogens (primary N) is 2. The van der Waals surface area contributed by atoms with Crippen LogP contribution in [-0.2, 0) is 37.1 Å². The summed E-state index contributed by atoms with van der Waals surface area (Å²) >= 11 is 2.01. The maximum Gasteiger partial charge on any atom is 0.352 e. The minimum Gasteiger partial charge on any atom is -0.478 e. The highest BCUT2D eigenvalue weighted by Gasteiger charge is 2.55. The first kappa shape index (κ1) is 28.8. The Hall–Kier alpha value is -4.23. The van der Waals surface area contributed by atoms with E-state index in [0.717, 1.165) is 16.4 Å². The number of hydrogen-bond acceptors (Lipinski definition) is 13. The van der Waals surface area contributed by atoms with Crippen molar-refractivity contribution in [3.8, 4) is 0 Å². The highest BCUT2D eigenvalue weighted by atomic mass is 32.2. The molecular weight excluding hydrogens is 570 g/mol. The number of thioether (sulfide) groups is 1. The third kappa shape index (κ3) is 5.42. The summed E-state index contributed by atoms with van der Waals surface area (Å²) in [6.45, 7) is 2.54. The van der Waals surface area contributed by atoms with Crippen molar-refractivity contribution in [1.29, 1.82) is 0 Å². The van der Waals surface area contributed by atoms with Gasteiger partial charge in [0.1, 0.15) is 23.7 Å². The average molecular weight is 597 g/mol. The number of nitrogens with one attached hydrogen (secondary N) is 1. The number of aromatic nitrogens is 4. The zero-order valence-electron chi connectivity index (χ0n) is 21.2. The van der Waals surface area contributed by atoms with Gasteiger partial charge in [0.25, 0.3) is 11.8 Å². The lowest BCUT2D eigenvalue weighted by Gasteiger charge is -2.49. The van der Waals surface area contributed by atoms with Crippen LogP contribution >= 0.6 is 23.3 Å². The topological polar surface area (TPSA) is 252 Å². The second-order valence-corrected chi connectivity index (χ2v) is 11.0. The molecule has 1 fully saturated rings. The van der Waals surface area contributed by atoms with Gasteiger partial charge in [-0.15, -0.1) is 21.1 Å². The highest BCUT2D eigenvalue weighted by molar-refractivity contribution is 8.00. The van der Waals surface area contributed by atoms with Crippen LogP contribution in [0.5, 0.6) is 0 Å². The molecule has 0 saturated carbocycles. The van der Waals surface area contributed by atoms with E-state index in [9.17, 15) is 34.5 Å². The van der Waals surface area contributed by atoms with Crippen LogP contribution in [-0.4, -0.2) is 93.1 Å². The van der Waals surface area contributed by atoms with Crippen LogP contribution in [0.1, 0.15) is 19.7 Å². The van der Waals surface area contributed by atoms with E-state index in [2.05, 4.69) is 19.8 Å². The summed E-state index contributed by atoms with van der Waals surface area (Å²) in [7, 11) is 0. The number of hydrogen-bond donors (Lipinski definition) is 6. The lowest BCUT2D eigenvalue weighted by Crippen LogP contribution is -2.71. The number of aliphatic hydroxyl groups is 1. The third-order valence-corrected chi connectivity index (χ3v) is 7.86. The molecule has 8 N–H and O–H groups in total. The first-order valence-electron chi connectivity index (χ1n) is 11.6. The van der Waals surface area contributed by atoms with E-state index in [4.69, 9.17) is 16.3 Å². The fourth-order valence-electron chi connectivity index (χ4n) is 3.89. The van der Waals surface area contributed by atoms with E-state index in [1.54, 1.807) is 21.6 Å². The lowest BCUT2D eigenvalue weighted by atomic mass is 10.0. The van der Waals surface area contributed by atoms with Crippen LogP contribution in [0.25, 0.3) is 0 Å². The van der Waals surface area contributed by atoms with Crippen LogP contribution in [0.3, 0.4) is 0 Å². The maximum atomic E-state index is 13.2. The molecule has 2 aliphatic heterocycles. The van der Waals surface area contributed by atoms with Crippen molar-refractivity contribution in [2.45, 2.75) is 44.0 Å². The van der Waals surface area contributed by atoms with Crippen molar-refractivity contribution in [2.75, 3.05) is 23.8 Å². The Kier molecular flexibility index (Phi) is 7.98. The molecule has 4 rings (SSSR count). The fourth-order valence-corrected chi connectivity index (χ4v) is 5.66.